The Bertz CT molecular complexity index is 505. The second-order valence-corrected chi connectivity index (χ2v) is 4.89. The summed E-state index contributed by atoms with van der Waals surface area (Å²) in [6.07, 6.45) is 5.32. The zero-order valence-corrected chi connectivity index (χ0v) is 12.1. The van der Waals surface area contributed by atoms with E-state index in [0.29, 0.717) is 28.6 Å². The molecule has 7 nitrogen and oxygen atoms in total. The third-order valence-corrected chi connectivity index (χ3v) is 3.54. The number of aromatic nitrogens is 2. The number of nitro groups is 1. The Morgan fingerprint density at radius 1 is 1.60 bits per heavy atom. The van der Waals surface area contributed by atoms with Crippen LogP contribution in [-0.2, 0) is 0 Å². The molecule has 0 radical (unpaired) electrons. The van der Waals surface area contributed by atoms with E-state index in [0.717, 1.165) is 0 Å². The largest absolute Gasteiger partial charge is 0.411 e. The van der Waals surface area contributed by atoms with Crippen molar-refractivity contribution in [3.05, 3.63) is 40.2 Å². The maximum absolute atomic E-state index is 10.8. The van der Waals surface area contributed by atoms with E-state index in [-0.39, 0.29) is 4.92 Å². The molecule has 0 aliphatic rings. The zero-order chi connectivity index (χ0) is 15.0. The summed E-state index contributed by atoms with van der Waals surface area (Å²) < 4.78 is 0. The van der Waals surface area contributed by atoms with E-state index in [9.17, 15) is 10.1 Å². The van der Waals surface area contributed by atoms with Gasteiger partial charge in [-0.25, -0.2) is 9.97 Å². The van der Waals surface area contributed by atoms with E-state index in [1.807, 2.05) is 6.92 Å². The van der Waals surface area contributed by atoms with Crippen molar-refractivity contribution in [1.82, 2.24) is 9.97 Å². The van der Waals surface area contributed by atoms with Crippen molar-refractivity contribution in [2.45, 2.75) is 31.5 Å². The third-order valence-electron chi connectivity index (χ3n) is 2.63. The van der Waals surface area contributed by atoms with Crippen LogP contribution in [0.5, 0.6) is 0 Å². The van der Waals surface area contributed by atoms with E-state index >= 15 is 0 Å². The van der Waals surface area contributed by atoms with Crippen LogP contribution in [0.25, 0.3) is 0 Å². The summed E-state index contributed by atoms with van der Waals surface area (Å²) in [7, 11) is 0. The number of allylic oxidation sites excluding steroid dienone is 1. The van der Waals surface area contributed by atoms with Gasteiger partial charge in [0.1, 0.15) is 0 Å². The van der Waals surface area contributed by atoms with Crippen LogP contribution in [-0.4, -0.2) is 37.6 Å². The second-order valence-electron chi connectivity index (χ2n) is 3.95. The van der Waals surface area contributed by atoms with E-state index in [2.05, 4.69) is 15.1 Å². The topological polar surface area (TPSA) is 102 Å². The maximum Gasteiger partial charge on any atom is 0.231 e. The summed E-state index contributed by atoms with van der Waals surface area (Å²) in [4.78, 5) is 18.5. The number of hydrogen-bond donors (Lipinski definition) is 1. The van der Waals surface area contributed by atoms with Crippen LogP contribution in [0.2, 0.25) is 0 Å². The van der Waals surface area contributed by atoms with Gasteiger partial charge in [-0.15, -0.1) is 0 Å². The van der Waals surface area contributed by atoms with Crippen molar-refractivity contribution in [3.63, 3.8) is 0 Å². The molecule has 20 heavy (non-hydrogen) atoms. The van der Waals surface area contributed by atoms with Crippen molar-refractivity contribution in [1.29, 1.82) is 0 Å². The number of nitrogens with zero attached hydrogens (tertiary/aromatic N) is 4. The average Bonchev–Trinajstić information content (AvgIpc) is 2.48. The molecule has 0 aliphatic heterocycles. The zero-order valence-electron chi connectivity index (χ0n) is 11.3. The normalized spacial score (nSPS) is 14.1. The summed E-state index contributed by atoms with van der Waals surface area (Å²) in [6, 6.07) is 0.911. The Balaban J connectivity index is 2.73. The molecular formula is C12H16N4O3S. The number of rotatable bonds is 7. The standard InChI is InChI=1S/C12H16N4O3S/c1-3-10(9(2)16(18)19)7-11(15-17)8-20-12-13-5-4-6-14-12/h4-7,9,17H,3,8H2,1-2H3/b10-7+,15-11-. The highest BCUT2D eigenvalue weighted by Crippen LogP contribution is 2.15. The van der Waals surface area contributed by atoms with Crippen LogP contribution in [0.4, 0.5) is 0 Å². The van der Waals surface area contributed by atoms with Crippen molar-refractivity contribution in [2.75, 3.05) is 5.75 Å². The maximum atomic E-state index is 10.8. The lowest BCUT2D eigenvalue weighted by atomic mass is 10.1. The lowest BCUT2D eigenvalue weighted by Gasteiger charge is -2.07. The van der Waals surface area contributed by atoms with E-state index < -0.39 is 6.04 Å². The summed E-state index contributed by atoms with van der Waals surface area (Å²) in [5, 5.41) is 23.5. The number of oxime groups is 1. The van der Waals surface area contributed by atoms with Crippen molar-refractivity contribution >= 4 is 17.5 Å². The monoisotopic (exact) mass is 296 g/mol. The first kappa shape index (κ1) is 16.1. The van der Waals surface area contributed by atoms with E-state index in [1.54, 1.807) is 24.5 Å². The molecule has 0 spiro atoms. The summed E-state index contributed by atoms with van der Waals surface area (Å²) >= 11 is 1.30. The molecule has 0 fully saturated rings. The van der Waals surface area contributed by atoms with Gasteiger partial charge in [0.2, 0.25) is 6.04 Å². The Morgan fingerprint density at radius 2 is 2.25 bits per heavy atom. The molecule has 1 atom stereocenters. The molecule has 0 amide bonds. The second kappa shape index (κ2) is 8.26. The van der Waals surface area contributed by atoms with E-state index in [4.69, 9.17) is 5.21 Å². The summed E-state index contributed by atoms with van der Waals surface area (Å²) in [5.74, 6) is 0.342. The first-order chi connectivity index (χ1) is 9.58. The van der Waals surface area contributed by atoms with Crippen LogP contribution < -0.4 is 0 Å². The van der Waals surface area contributed by atoms with Gasteiger partial charge < -0.3 is 5.21 Å². The number of thioether (sulfide) groups is 1. The van der Waals surface area contributed by atoms with Gasteiger partial charge in [-0.1, -0.05) is 23.8 Å². The van der Waals surface area contributed by atoms with Crippen LogP contribution in [0.3, 0.4) is 0 Å². The Morgan fingerprint density at radius 3 is 2.75 bits per heavy atom. The van der Waals surface area contributed by atoms with Gasteiger partial charge in [0.15, 0.2) is 5.16 Å². The SMILES string of the molecule is CC/C(=C\C(CSc1ncccn1)=N\O)C(C)[N+](=O)[O-]. The van der Waals surface area contributed by atoms with Crippen LogP contribution in [0.1, 0.15) is 20.3 Å². The molecule has 108 valence electrons. The molecule has 1 rings (SSSR count). The quantitative estimate of drug-likeness (QED) is 0.207. The lowest BCUT2D eigenvalue weighted by molar-refractivity contribution is -0.507. The molecule has 1 N–H and O–H groups in total. The predicted octanol–water partition coefficient (Wildman–Crippen LogP) is 2.40. The fourth-order valence-electron chi connectivity index (χ4n) is 1.47. The highest BCUT2D eigenvalue weighted by atomic mass is 32.2. The predicted molar refractivity (Wildman–Crippen MR) is 76.8 cm³/mol. The fourth-order valence-corrected chi connectivity index (χ4v) is 2.15. The molecule has 0 aliphatic carbocycles. The molecule has 1 aromatic heterocycles. The van der Waals surface area contributed by atoms with Gasteiger partial charge in [0, 0.05) is 35.6 Å². The highest BCUT2D eigenvalue weighted by Gasteiger charge is 2.18. The molecule has 8 heteroatoms. The van der Waals surface area contributed by atoms with Crippen molar-refractivity contribution in [3.8, 4) is 0 Å². The van der Waals surface area contributed by atoms with Crippen molar-refractivity contribution in [2.24, 2.45) is 5.16 Å². The van der Waals surface area contributed by atoms with Gasteiger partial charge in [-0.2, -0.15) is 0 Å². The molecule has 1 aromatic rings. The van der Waals surface area contributed by atoms with Crippen LogP contribution >= 0.6 is 11.8 Å². The van der Waals surface area contributed by atoms with Crippen LogP contribution in [0.15, 0.2) is 40.4 Å². The molecular weight excluding hydrogens is 280 g/mol. The minimum absolute atomic E-state index is 0.342. The van der Waals surface area contributed by atoms with Crippen molar-refractivity contribution < 1.29 is 10.1 Å². The Labute approximate surface area is 121 Å². The molecule has 1 unspecified atom stereocenters. The fraction of sp³-hybridized carbons (Fsp3) is 0.417. The third kappa shape index (κ3) is 4.96. The van der Waals surface area contributed by atoms with Gasteiger partial charge >= 0.3 is 0 Å². The molecule has 0 saturated carbocycles. The smallest absolute Gasteiger partial charge is 0.231 e. The first-order valence-electron chi connectivity index (χ1n) is 6.03. The van der Waals surface area contributed by atoms with Crippen LogP contribution in [0, 0.1) is 10.1 Å². The van der Waals surface area contributed by atoms with Gasteiger partial charge in [-0.3, -0.25) is 10.1 Å². The minimum Gasteiger partial charge on any atom is -0.411 e. The highest BCUT2D eigenvalue weighted by molar-refractivity contribution is 7.99. The van der Waals surface area contributed by atoms with E-state index in [1.165, 1.54) is 18.7 Å². The van der Waals surface area contributed by atoms with Gasteiger partial charge in [0.25, 0.3) is 0 Å². The molecule has 1 heterocycles. The molecule has 0 saturated heterocycles. The molecule has 0 bridgehead atoms. The summed E-state index contributed by atoms with van der Waals surface area (Å²) in [6.45, 7) is 3.34. The number of hydrogen-bond acceptors (Lipinski definition) is 7. The van der Waals surface area contributed by atoms with Gasteiger partial charge in [-0.05, 0) is 18.6 Å². The summed E-state index contributed by atoms with van der Waals surface area (Å²) in [5.41, 5.74) is 0.963. The lowest BCUT2D eigenvalue weighted by Crippen LogP contribution is -2.18. The first-order valence-corrected chi connectivity index (χ1v) is 7.01. The Hall–Kier alpha value is -1.96. The minimum atomic E-state index is -0.797. The van der Waals surface area contributed by atoms with Gasteiger partial charge in [0.05, 0.1) is 5.71 Å². The Kier molecular flexibility index (Phi) is 6.65. The average molecular weight is 296 g/mol. The molecule has 0 aromatic carbocycles.